The molecule has 178 valence electrons. The number of carbonyl (C=O) groups is 2. The first-order chi connectivity index (χ1) is 16.4. The fourth-order valence-electron chi connectivity index (χ4n) is 2.88. The number of halogens is 1. The fourth-order valence-corrected chi connectivity index (χ4v) is 2.88. The molecule has 0 bridgehead atoms. The van der Waals surface area contributed by atoms with Crippen LogP contribution in [0.25, 0.3) is 0 Å². The summed E-state index contributed by atoms with van der Waals surface area (Å²) in [4.78, 5) is 32.7. The second-order valence-electron chi connectivity index (χ2n) is 7.23. The monoisotopic (exact) mass is 469 g/mol. The molecular formula is C24H24FN3O6. The highest BCUT2D eigenvalue weighted by Gasteiger charge is 2.15. The Morgan fingerprint density at radius 1 is 1.09 bits per heavy atom. The predicted molar refractivity (Wildman–Crippen MR) is 121 cm³/mol. The molecule has 34 heavy (non-hydrogen) atoms. The number of benzene rings is 1. The average Bonchev–Trinajstić information content (AvgIpc) is 2.80. The van der Waals surface area contributed by atoms with Gasteiger partial charge in [-0.3, -0.25) is 9.59 Å². The number of ether oxygens (including phenoxy) is 4. The van der Waals surface area contributed by atoms with E-state index in [2.05, 4.69) is 20.0 Å². The summed E-state index contributed by atoms with van der Waals surface area (Å²) in [6.45, 7) is 2.09. The van der Waals surface area contributed by atoms with Crippen LogP contribution in [-0.4, -0.2) is 48.8 Å². The Hall–Kier alpha value is -4.05. The van der Waals surface area contributed by atoms with Crippen molar-refractivity contribution in [3.05, 3.63) is 71.7 Å². The van der Waals surface area contributed by atoms with Crippen LogP contribution < -0.4 is 14.8 Å². The van der Waals surface area contributed by atoms with E-state index in [9.17, 15) is 14.0 Å². The Labute approximate surface area is 195 Å². The molecule has 0 saturated heterocycles. The predicted octanol–water partition coefficient (Wildman–Crippen LogP) is 3.79. The zero-order chi connectivity index (χ0) is 24.5. The largest absolute Gasteiger partial charge is 0.472 e. The summed E-state index contributed by atoms with van der Waals surface area (Å²) in [6.07, 6.45) is 1.20. The smallest absolute Gasteiger partial charge is 0.310 e. The second-order valence-corrected chi connectivity index (χ2v) is 7.23. The topological polar surface area (TPSA) is 109 Å². The summed E-state index contributed by atoms with van der Waals surface area (Å²) in [5, 5.41) is 2.67. The summed E-state index contributed by atoms with van der Waals surface area (Å²) in [6, 6.07) is 11.6. The summed E-state index contributed by atoms with van der Waals surface area (Å²) >= 11 is 0. The molecule has 3 rings (SSSR count). The molecule has 0 unspecified atom stereocenters. The van der Waals surface area contributed by atoms with Crippen LogP contribution in [0.5, 0.6) is 17.5 Å². The van der Waals surface area contributed by atoms with Gasteiger partial charge in [0.1, 0.15) is 23.5 Å². The van der Waals surface area contributed by atoms with Crippen LogP contribution >= 0.6 is 0 Å². The van der Waals surface area contributed by atoms with Crippen molar-refractivity contribution in [2.24, 2.45) is 0 Å². The highest BCUT2D eigenvalue weighted by Crippen LogP contribution is 2.25. The fraction of sp³-hybridized carbons (Fsp3) is 0.250. The molecule has 3 aromatic rings. The molecule has 0 aliphatic carbocycles. The van der Waals surface area contributed by atoms with Crippen LogP contribution in [-0.2, 0) is 20.7 Å². The van der Waals surface area contributed by atoms with E-state index in [1.807, 2.05) is 0 Å². The van der Waals surface area contributed by atoms with E-state index in [-0.39, 0.29) is 41.4 Å². The maximum atomic E-state index is 13.5. The molecule has 0 fully saturated rings. The van der Waals surface area contributed by atoms with Gasteiger partial charge < -0.3 is 24.3 Å². The van der Waals surface area contributed by atoms with Gasteiger partial charge in [0.25, 0.3) is 5.91 Å². The number of rotatable bonds is 10. The number of hydrogen-bond donors (Lipinski definition) is 1. The van der Waals surface area contributed by atoms with Crippen molar-refractivity contribution in [2.45, 2.75) is 19.4 Å². The first-order valence-electron chi connectivity index (χ1n) is 10.3. The third-order valence-electron chi connectivity index (χ3n) is 4.42. The lowest BCUT2D eigenvalue weighted by molar-refractivity contribution is -0.139. The minimum absolute atomic E-state index is 0.0410. The zero-order valence-electron chi connectivity index (χ0n) is 18.9. The molecule has 1 N–H and O–H groups in total. The van der Waals surface area contributed by atoms with Crippen molar-refractivity contribution in [1.29, 1.82) is 0 Å². The van der Waals surface area contributed by atoms with Gasteiger partial charge in [-0.1, -0.05) is 12.1 Å². The maximum Gasteiger partial charge on any atom is 0.310 e. The number of aromatic nitrogens is 2. The molecule has 9 nitrogen and oxygen atoms in total. The highest BCUT2D eigenvalue weighted by molar-refractivity contribution is 6.04. The maximum absolute atomic E-state index is 13.5. The lowest BCUT2D eigenvalue weighted by Crippen LogP contribution is -2.19. The van der Waals surface area contributed by atoms with Crippen molar-refractivity contribution < 1.29 is 32.9 Å². The van der Waals surface area contributed by atoms with Crippen LogP contribution in [0.15, 0.2) is 54.7 Å². The van der Waals surface area contributed by atoms with Crippen LogP contribution in [0, 0.1) is 5.82 Å². The quantitative estimate of drug-likeness (QED) is 0.447. The van der Waals surface area contributed by atoms with Crippen molar-refractivity contribution in [3.8, 4) is 17.5 Å². The van der Waals surface area contributed by atoms with Crippen molar-refractivity contribution in [3.63, 3.8) is 0 Å². The van der Waals surface area contributed by atoms with Crippen molar-refractivity contribution in [1.82, 2.24) is 9.97 Å². The van der Waals surface area contributed by atoms with Gasteiger partial charge in [-0.2, -0.15) is 4.98 Å². The average molecular weight is 469 g/mol. The Bertz CT molecular complexity index is 1140. The highest BCUT2D eigenvalue weighted by atomic mass is 19.1. The van der Waals surface area contributed by atoms with E-state index in [0.29, 0.717) is 12.2 Å². The number of pyridine rings is 2. The number of hydrogen-bond acceptors (Lipinski definition) is 8. The van der Waals surface area contributed by atoms with E-state index in [0.717, 1.165) is 0 Å². The van der Waals surface area contributed by atoms with E-state index in [1.54, 1.807) is 32.2 Å². The molecule has 0 radical (unpaired) electrons. The summed E-state index contributed by atoms with van der Waals surface area (Å²) in [5.74, 6) is -0.704. The number of esters is 1. The van der Waals surface area contributed by atoms with E-state index in [4.69, 9.17) is 14.2 Å². The number of amides is 1. The second kappa shape index (κ2) is 11.7. The van der Waals surface area contributed by atoms with Crippen LogP contribution in [0.1, 0.15) is 22.8 Å². The lowest BCUT2D eigenvalue weighted by Gasteiger charge is -2.15. The molecule has 10 heteroatoms. The molecule has 0 saturated carbocycles. The number of nitrogens with one attached hydrogen (secondary N) is 1. The third-order valence-corrected chi connectivity index (χ3v) is 4.42. The molecule has 0 aliphatic heterocycles. The molecule has 0 spiro atoms. The third kappa shape index (κ3) is 7.24. The number of nitrogens with zero attached hydrogens (tertiary/aromatic N) is 2. The van der Waals surface area contributed by atoms with Gasteiger partial charge in [0.2, 0.25) is 11.8 Å². The number of anilines is 1. The number of carbonyl (C=O) groups excluding carboxylic acids is 2. The standard InChI is InChI=1S/C24H24FN3O6/c1-15(14-31-2)33-21-10-17(11-22(28-21)34-19-6-4-5-18(25)12-19)24(30)27-20-8-7-16(13-26-20)9-23(29)32-3/h4-8,10-13,15H,9,14H2,1-3H3,(H,26,27,30)/t15-/m1/s1. The molecule has 1 atom stereocenters. The van der Waals surface area contributed by atoms with E-state index >= 15 is 0 Å². The summed E-state index contributed by atoms with van der Waals surface area (Å²) in [7, 11) is 2.85. The van der Waals surface area contributed by atoms with Crippen LogP contribution in [0.3, 0.4) is 0 Å². The Kier molecular flexibility index (Phi) is 8.47. The molecule has 0 aliphatic rings. The first-order valence-corrected chi connectivity index (χ1v) is 10.3. The minimum Gasteiger partial charge on any atom is -0.472 e. The van der Waals surface area contributed by atoms with Gasteiger partial charge >= 0.3 is 5.97 Å². The summed E-state index contributed by atoms with van der Waals surface area (Å²) in [5.41, 5.74) is 0.823. The van der Waals surface area contributed by atoms with Gasteiger partial charge in [0, 0.05) is 31.5 Å². The zero-order valence-corrected chi connectivity index (χ0v) is 18.9. The molecule has 2 heterocycles. The van der Waals surface area contributed by atoms with Gasteiger partial charge in [-0.25, -0.2) is 9.37 Å². The molecule has 2 aromatic heterocycles. The van der Waals surface area contributed by atoms with Crippen molar-refractivity contribution >= 4 is 17.7 Å². The first kappa shape index (κ1) is 24.6. The minimum atomic E-state index is -0.496. The van der Waals surface area contributed by atoms with Gasteiger partial charge in [-0.05, 0) is 30.7 Å². The van der Waals surface area contributed by atoms with Gasteiger partial charge in [-0.15, -0.1) is 0 Å². The normalized spacial score (nSPS) is 11.4. The summed E-state index contributed by atoms with van der Waals surface area (Å²) < 4.78 is 34.6. The van der Waals surface area contributed by atoms with Gasteiger partial charge in [0.15, 0.2) is 0 Å². The van der Waals surface area contributed by atoms with Gasteiger partial charge in [0.05, 0.1) is 25.7 Å². The number of methoxy groups -OCH3 is 2. The van der Waals surface area contributed by atoms with Crippen LogP contribution in [0.2, 0.25) is 0 Å². The lowest BCUT2D eigenvalue weighted by atomic mass is 10.2. The van der Waals surface area contributed by atoms with E-state index in [1.165, 1.54) is 43.6 Å². The Morgan fingerprint density at radius 3 is 2.56 bits per heavy atom. The SMILES string of the molecule is COC[C@@H](C)Oc1cc(C(=O)Nc2ccc(CC(=O)OC)cn2)cc(Oc2cccc(F)c2)n1. The Balaban J connectivity index is 1.81. The van der Waals surface area contributed by atoms with Crippen molar-refractivity contribution in [2.75, 3.05) is 26.1 Å². The molecular weight excluding hydrogens is 445 g/mol. The van der Waals surface area contributed by atoms with Crippen LogP contribution in [0.4, 0.5) is 10.2 Å². The molecule has 1 amide bonds. The van der Waals surface area contributed by atoms with E-state index < -0.39 is 17.7 Å². The molecule has 1 aromatic carbocycles. The Morgan fingerprint density at radius 2 is 1.88 bits per heavy atom.